The fourth-order valence-corrected chi connectivity index (χ4v) is 5.76. The summed E-state index contributed by atoms with van der Waals surface area (Å²) >= 11 is 0. The monoisotopic (exact) mass is 437 g/mol. The smallest absolute Gasteiger partial charge is 0.142 e. The van der Waals surface area contributed by atoms with E-state index in [4.69, 9.17) is 5.73 Å². The Labute approximate surface area is 196 Å². The van der Waals surface area contributed by atoms with E-state index in [1.807, 2.05) is 13.8 Å². The molecule has 168 valence electrons. The second-order valence-electron chi connectivity index (χ2n) is 9.93. The molecule has 1 aromatic carbocycles. The molecule has 5 heteroatoms. The summed E-state index contributed by atoms with van der Waals surface area (Å²) < 4.78 is 0. The highest BCUT2D eigenvalue weighted by Crippen LogP contribution is 2.47. The Morgan fingerprint density at radius 3 is 2.52 bits per heavy atom. The lowest BCUT2D eigenvalue weighted by Crippen LogP contribution is -2.48. The molecule has 33 heavy (non-hydrogen) atoms. The number of nitrogen functional groups attached to an aromatic ring is 1. The Morgan fingerprint density at radius 2 is 1.91 bits per heavy atom. The maximum atomic E-state index is 9.84. The number of nitrogens with zero attached hydrogens (tertiary/aromatic N) is 4. The minimum atomic E-state index is 0.120. The zero-order valence-corrected chi connectivity index (χ0v) is 20.6. The molecule has 1 aromatic heterocycles. The van der Waals surface area contributed by atoms with Crippen molar-refractivity contribution >= 4 is 28.7 Å². The van der Waals surface area contributed by atoms with Crippen molar-refractivity contribution in [2.24, 2.45) is 0 Å². The number of hydrogen-bond donors (Lipinski definition) is 1. The Morgan fingerprint density at radius 1 is 1.21 bits per heavy atom. The van der Waals surface area contributed by atoms with E-state index < -0.39 is 0 Å². The average Bonchev–Trinajstić information content (AvgIpc) is 2.99. The van der Waals surface area contributed by atoms with Crippen LogP contribution in [0, 0.1) is 36.5 Å². The van der Waals surface area contributed by atoms with Gasteiger partial charge in [0.2, 0.25) is 0 Å². The maximum absolute atomic E-state index is 9.84. The molecule has 5 nitrogen and oxygen atoms in total. The van der Waals surface area contributed by atoms with Crippen LogP contribution in [0.25, 0.3) is 17.2 Å². The van der Waals surface area contributed by atoms with E-state index >= 15 is 0 Å². The van der Waals surface area contributed by atoms with Crippen LogP contribution in [-0.2, 0) is 0 Å². The summed E-state index contributed by atoms with van der Waals surface area (Å²) in [7, 11) is 0. The highest BCUT2D eigenvalue weighted by atomic mass is 15.2. The van der Waals surface area contributed by atoms with Gasteiger partial charge in [-0.05, 0) is 105 Å². The number of pyridine rings is 1. The van der Waals surface area contributed by atoms with Gasteiger partial charge in [0.1, 0.15) is 18.0 Å². The average molecular weight is 438 g/mol. The van der Waals surface area contributed by atoms with Crippen molar-refractivity contribution in [2.75, 3.05) is 17.2 Å². The van der Waals surface area contributed by atoms with Crippen molar-refractivity contribution in [1.82, 2.24) is 4.98 Å². The van der Waals surface area contributed by atoms with Crippen molar-refractivity contribution < 1.29 is 0 Å². The summed E-state index contributed by atoms with van der Waals surface area (Å²) in [5.74, 6) is 0.628. The van der Waals surface area contributed by atoms with Crippen LogP contribution in [0.15, 0.2) is 17.7 Å². The molecule has 1 unspecified atom stereocenters. The number of hydrogen-bond acceptors (Lipinski definition) is 5. The summed E-state index contributed by atoms with van der Waals surface area (Å²) in [5.41, 5.74) is 16.1. The molecule has 1 atom stereocenters. The predicted molar refractivity (Wildman–Crippen MR) is 135 cm³/mol. The number of benzene rings is 1. The van der Waals surface area contributed by atoms with Crippen molar-refractivity contribution in [2.45, 2.75) is 66.3 Å². The number of allylic oxidation sites excluding steroid dienone is 3. The Hall–Kier alpha value is -3.57. The molecule has 2 N–H and O–H groups in total. The molecule has 0 amide bonds. The van der Waals surface area contributed by atoms with E-state index in [0.717, 1.165) is 40.8 Å². The van der Waals surface area contributed by atoms with Gasteiger partial charge in [0.05, 0.1) is 16.8 Å². The molecular weight excluding hydrogens is 406 g/mol. The lowest BCUT2D eigenvalue weighted by molar-refractivity contribution is 0.381. The molecule has 2 aliphatic rings. The standard InChI is InChI=1S/C28H31N5/c1-8-33-24-9-15(2)19(10-20(24)16(3)12-28(33,6)7)11-21-17(4)22(13-29)26-25(21)18(5)23(14-30)27(31)32-26/h9-11,16H,8,12H2,1-7H3,(H2,31,32)/b21-11+. The molecule has 2 aromatic rings. The lowest BCUT2D eigenvalue weighted by atomic mass is 9.79. The number of nitrogens with two attached hydrogens (primary N) is 1. The molecule has 0 spiro atoms. The summed E-state index contributed by atoms with van der Waals surface area (Å²) in [6, 6.07) is 9.09. The van der Waals surface area contributed by atoms with E-state index in [1.54, 1.807) is 0 Å². The molecule has 2 heterocycles. The first kappa shape index (κ1) is 22.6. The summed E-state index contributed by atoms with van der Waals surface area (Å²) in [5, 5.41) is 19.5. The fourth-order valence-electron chi connectivity index (χ4n) is 5.76. The number of fused-ring (bicyclic) bond motifs is 2. The van der Waals surface area contributed by atoms with Gasteiger partial charge >= 0.3 is 0 Å². The van der Waals surface area contributed by atoms with Crippen LogP contribution < -0.4 is 10.6 Å². The SMILES string of the molecule is CCN1c2cc(C)c(/C=C3\C(C)=C(C#N)c4nc(N)c(C#N)c(C)c43)cc2C(C)CC1(C)C. The van der Waals surface area contributed by atoms with Gasteiger partial charge in [0.25, 0.3) is 0 Å². The zero-order valence-electron chi connectivity index (χ0n) is 20.6. The van der Waals surface area contributed by atoms with Gasteiger partial charge in [-0.15, -0.1) is 0 Å². The van der Waals surface area contributed by atoms with Gasteiger partial charge in [-0.3, -0.25) is 0 Å². The third-order valence-electron chi connectivity index (χ3n) is 7.37. The molecule has 0 bridgehead atoms. The molecule has 1 aliphatic carbocycles. The van der Waals surface area contributed by atoms with Gasteiger partial charge in [-0.1, -0.05) is 6.92 Å². The highest BCUT2D eigenvalue weighted by molar-refractivity contribution is 6.09. The molecule has 0 saturated carbocycles. The lowest BCUT2D eigenvalue weighted by Gasteiger charge is -2.47. The van der Waals surface area contributed by atoms with Crippen molar-refractivity contribution in [3.63, 3.8) is 0 Å². The van der Waals surface area contributed by atoms with E-state index in [9.17, 15) is 10.5 Å². The number of aryl methyl sites for hydroxylation is 1. The van der Waals surface area contributed by atoms with Gasteiger partial charge in [0.15, 0.2) is 0 Å². The topological polar surface area (TPSA) is 89.7 Å². The Kier molecular flexibility index (Phi) is 5.33. The third-order valence-corrected chi connectivity index (χ3v) is 7.37. The van der Waals surface area contributed by atoms with E-state index in [1.165, 1.54) is 16.8 Å². The van der Waals surface area contributed by atoms with E-state index in [-0.39, 0.29) is 11.4 Å². The second-order valence-corrected chi connectivity index (χ2v) is 9.93. The van der Waals surface area contributed by atoms with Crippen molar-refractivity contribution in [3.05, 3.63) is 56.8 Å². The number of aromatic nitrogens is 1. The largest absolute Gasteiger partial charge is 0.383 e. The second kappa shape index (κ2) is 7.78. The van der Waals surface area contributed by atoms with Crippen LogP contribution in [-0.4, -0.2) is 17.1 Å². The third kappa shape index (κ3) is 3.31. The van der Waals surface area contributed by atoms with Crippen LogP contribution in [0.4, 0.5) is 11.5 Å². The Bertz CT molecular complexity index is 1330. The molecule has 0 saturated heterocycles. The van der Waals surface area contributed by atoms with Crippen LogP contribution in [0.3, 0.4) is 0 Å². The quantitative estimate of drug-likeness (QED) is 0.611. The molecule has 1 aliphatic heterocycles. The number of anilines is 2. The first-order chi connectivity index (χ1) is 15.5. The maximum Gasteiger partial charge on any atom is 0.142 e. The molecule has 0 radical (unpaired) electrons. The molecular formula is C28H31N5. The number of rotatable bonds is 2. The first-order valence-electron chi connectivity index (χ1n) is 11.5. The minimum absolute atomic E-state index is 0.120. The summed E-state index contributed by atoms with van der Waals surface area (Å²) in [6.45, 7) is 16.1. The van der Waals surface area contributed by atoms with Gasteiger partial charge in [-0.2, -0.15) is 10.5 Å². The van der Waals surface area contributed by atoms with Gasteiger partial charge in [0, 0.05) is 23.3 Å². The Balaban J connectivity index is 1.95. The van der Waals surface area contributed by atoms with Gasteiger partial charge in [-0.25, -0.2) is 4.98 Å². The van der Waals surface area contributed by atoms with E-state index in [0.29, 0.717) is 22.7 Å². The van der Waals surface area contributed by atoms with Gasteiger partial charge < -0.3 is 10.6 Å². The highest BCUT2D eigenvalue weighted by Gasteiger charge is 2.36. The first-order valence-corrected chi connectivity index (χ1v) is 11.5. The molecule has 4 rings (SSSR count). The van der Waals surface area contributed by atoms with Crippen LogP contribution in [0.5, 0.6) is 0 Å². The predicted octanol–water partition coefficient (Wildman–Crippen LogP) is 6.12. The van der Waals surface area contributed by atoms with E-state index in [2.05, 4.69) is 74.8 Å². The van der Waals surface area contributed by atoms with Crippen molar-refractivity contribution in [1.29, 1.82) is 10.5 Å². The number of nitriles is 2. The van der Waals surface area contributed by atoms with Crippen LogP contribution >= 0.6 is 0 Å². The molecule has 0 fully saturated rings. The normalized spacial score (nSPS) is 19.8. The van der Waals surface area contributed by atoms with Crippen LogP contribution in [0.1, 0.15) is 86.0 Å². The zero-order chi connectivity index (χ0) is 24.2. The van der Waals surface area contributed by atoms with Crippen LogP contribution in [0.2, 0.25) is 0 Å². The fraction of sp³-hybridized carbons (Fsp3) is 0.393. The minimum Gasteiger partial charge on any atom is -0.383 e. The summed E-state index contributed by atoms with van der Waals surface area (Å²) in [6.07, 6.45) is 3.25. The summed E-state index contributed by atoms with van der Waals surface area (Å²) in [4.78, 5) is 6.96. The van der Waals surface area contributed by atoms with Crippen molar-refractivity contribution in [3.8, 4) is 12.1 Å².